The molecule has 2 heterocycles. The van der Waals surface area contributed by atoms with E-state index >= 15 is 0 Å². The topological polar surface area (TPSA) is 135 Å². The van der Waals surface area contributed by atoms with Crippen molar-refractivity contribution in [3.63, 3.8) is 0 Å². The van der Waals surface area contributed by atoms with Crippen LogP contribution < -0.4 is 17.4 Å². The van der Waals surface area contributed by atoms with Gasteiger partial charge in [-0.2, -0.15) is 20.1 Å². The highest BCUT2D eigenvalue weighted by atomic mass is 15.7. The predicted octanol–water partition coefficient (Wildman–Crippen LogP) is -0.587. The lowest BCUT2D eigenvalue weighted by Crippen LogP contribution is -2.28. The molecule has 0 amide bonds. The van der Waals surface area contributed by atoms with Crippen LogP contribution in [0.5, 0.6) is 0 Å². The van der Waals surface area contributed by atoms with Gasteiger partial charge in [0.2, 0.25) is 0 Å². The summed E-state index contributed by atoms with van der Waals surface area (Å²) in [5, 5.41) is 16.7. The van der Waals surface area contributed by atoms with Crippen LogP contribution in [0.1, 0.15) is 18.2 Å². The van der Waals surface area contributed by atoms with E-state index in [-0.39, 0.29) is 5.84 Å². The van der Waals surface area contributed by atoms with Gasteiger partial charge in [-0.05, 0) is 19.9 Å². The largest absolute Gasteiger partial charge is 0.382 e. The summed E-state index contributed by atoms with van der Waals surface area (Å²) in [5.41, 5.74) is 8.41. The van der Waals surface area contributed by atoms with Crippen LogP contribution in [0.3, 0.4) is 0 Å². The SMILES string of the molecule is CC1=NN(N)C(=N)/C1=C\c1c(C)nn(N)c1N. The van der Waals surface area contributed by atoms with Gasteiger partial charge in [0, 0.05) is 11.1 Å². The minimum absolute atomic E-state index is 0.117. The lowest BCUT2D eigenvalue weighted by molar-refractivity contribution is 0.480. The van der Waals surface area contributed by atoms with Crippen LogP contribution in [0.25, 0.3) is 6.08 Å². The van der Waals surface area contributed by atoms with E-state index in [4.69, 9.17) is 22.8 Å². The summed E-state index contributed by atoms with van der Waals surface area (Å²) in [4.78, 5) is 1.10. The summed E-state index contributed by atoms with van der Waals surface area (Å²) in [5.74, 6) is 11.5. The number of hydrogen-bond donors (Lipinski definition) is 4. The number of nitrogens with zero attached hydrogens (tertiary/aromatic N) is 4. The molecule has 1 aliphatic rings. The molecule has 17 heavy (non-hydrogen) atoms. The quantitative estimate of drug-likeness (QED) is 0.482. The van der Waals surface area contributed by atoms with Crippen LogP contribution in [0.4, 0.5) is 5.82 Å². The molecule has 0 aromatic carbocycles. The Morgan fingerprint density at radius 1 is 1.29 bits per heavy atom. The van der Waals surface area contributed by atoms with Gasteiger partial charge in [-0.25, -0.2) is 5.84 Å². The fourth-order valence-corrected chi connectivity index (χ4v) is 1.63. The zero-order valence-corrected chi connectivity index (χ0v) is 9.60. The minimum Gasteiger partial charge on any atom is -0.382 e. The Balaban J connectivity index is 2.51. The molecule has 0 atom stereocenters. The van der Waals surface area contributed by atoms with E-state index in [1.807, 2.05) is 0 Å². The second kappa shape index (κ2) is 3.59. The molecule has 0 fully saturated rings. The summed E-state index contributed by atoms with van der Waals surface area (Å²) >= 11 is 0. The number of amidine groups is 1. The third-order valence-corrected chi connectivity index (χ3v) is 2.59. The maximum Gasteiger partial charge on any atom is 0.168 e. The zero-order chi connectivity index (χ0) is 12.7. The number of aryl methyl sites for hydroxylation is 1. The van der Waals surface area contributed by atoms with Gasteiger partial charge in [0.1, 0.15) is 0 Å². The average molecular weight is 234 g/mol. The number of anilines is 1. The molecule has 7 N–H and O–H groups in total. The molecular weight excluding hydrogens is 220 g/mol. The summed E-state index contributed by atoms with van der Waals surface area (Å²) in [6.45, 7) is 3.56. The van der Waals surface area contributed by atoms with Crippen molar-refractivity contribution in [1.82, 2.24) is 15.0 Å². The summed E-state index contributed by atoms with van der Waals surface area (Å²) < 4.78 is 0. The molecule has 8 nitrogen and oxygen atoms in total. The van der Waals surface area contributed by atoms with Gasteiger partial charge in [-0.15, -0.1) is 0 Å². The van der Waals surface area contributed by atoms with Gasteiger partial charge >= 0.3 is 0 Å². The second-order valence-electron chi connectivity index (χ2n) is 3.77. The molecule has 0 bridgehead atoms. The number of nitrogens with two attached hydrogens (primary N) is 3. The highest BCUT2D eigenvalue weighted by Gasteiger charge is 2.22. The van der Waals surface area contributed by atoms with Gasteiger partial charge in [0.05, 0.1) is 11.4 Å². The fourth-order valence-electron chi connectivity index (χ4n) is 1.63. The first kappa shape index (κ1) is 11.1. The Morgan fingerprint density at radius 2 is 1.94 bits per heavy atom. The van der Waals surface area contributed by atoms with Crippen molar-refractivity contribution in [2.75, 3.05) is 11.6 Å². The number of nitrogen functional groups attached to an aromatic ring is 2. The Bertz CT molecular complexity index is 550. The molecule has 1 aromatic rings. The molecule has 0 aliphatic carbocycles. The van der Waals surface area contributed by atoms with Gasteiger partial charge < -0.3 is 11.6 Å². The van der Waals surface area contributed by atoms with E-state index < -0.39 is 0 Å². The Hall–Kier alpha value is -2.35. The molecule has 90 valence electrons. The highest BCUT2D eigenvalue weighted by Crippen LogP contribution is 2.21. The van der Waals surface area contributed by atoms with Gasteiger partial charge in [-0.3, -0.25) is 5.41 Å². The maximum atomic E-state index is 7.76. The number of hydrogen-bond acceptors (Lipinski definition) is 6. The molecule has 0 saturated carbocycles. The molecule has 0 unspecified atom stereocenters. The molecule has 8 heteroatoms. The van der Waals surface area contributed by atoms with Crippen molar-refractivity contribution in [3.05, 3.63) is 16.8 Å². The fraction of sp³-hybridized carbons (Fsp3) is 0.222. The standard InChI is InChI=1S/C9H14N8/c1-4-6(8(10)16(12)14-4)3-7-5(2)15-17(13)9(7)11/h3,10H,11-13H2,1-2H3/b6-3-,10-8?. The Kier molecular flexibility index (Phi) is 2.36. The first-order valence-electron chi connectivity index (χ1n) is 4.93. The Morgan fingerprint density at radius 3 is 2.35 bits per heavy atom. The normalized spacial score (nSPS) is 18.1. The van der Waals surface area contributed by atoms with Crippen molar-refractivity contribution in [2.45, 2.75) is 13.8 Å². The number of rotatable bonds is 1. The summed E-state index contributed by atoms with van der Waals surface area (Å²) in [6.07, 6.45) is 1.72. The van der Waals surface area contributed by atoms with Crippen molar-refractivity contribution in [3.8, 4) is 0 Å². The first-order chi connectivity index (χ1) is 7.91. The van der Waals surface area contributed by atoms with Crippen LogP contribution in [0, 0.1) is 12.3 Å². The number of hydrazone groups is 1. The molecule has 0 radical (unpaired) electrons. The van der Waals surface area contributed by atoms with Crippen LogP contribution >= 0.6 is 0 Å². The third-order valence-electron chi connectivity index (χ3n) is 2.59. The van der Waals surface area contributed by atoms with Crippen LogP contribution in [-0.2, 0) is 0 Å². The van der Waals surface area contributed by atoms with E-state index in [1.165, 1.54) is 0 Å². The average Bonchev–Trinajstić information content (AvgIpc) is 2.62. The molecule has 2 rings (SSSR count). The van der Waals surface area contributed by atoms with Gasteiger partial charge in [0.15, 0.2) is 11.7 Å². The van der Waals surface area contributed by atoms with Gasteiger partial charge in [0.25, 0.3) is 0 Å². The molecule has 1 aliphatic heterocycles. The van der Waals surface area contributed by atoms with Crippen molar-refractivity contribution < 1.29 is 0 Å². The summed E-state index contributed by atoms with van der Waals surface area (Å²) in [6, 6.07) is 0. The van der Waals surface area contributed by atoms with Crippen LogP contribution in [0.2, 0.25) is 0 Å². The molecule has 0 saturated heterocycles. The Labute approximate surface area is 97.8 Å². The lowest BCUT2D eigenvalue weighted by atomic mass is 10.1. The first-order valence-corrected chi connectivity index (χ1v) is 4.93. The van der Waals surface area contributed by atoms with E-state index in [2.05, 4.69) is 10.2 Å². The molecular formula is C9H14N8. The minimum atomic E-state index is 0.117. The molecule has 1 aromatic heterocycles. The number of nitrogens with one attached hydrogen (secondary N) is 1. The lowest BCUT2D eigenvalue weighted by Gasteiger charge is -2.04. The monoisotopic (exact) mass is 234 g/mol. The maximum absolute atomic E-state index is 7.76. The van der Waals surface area contributed by atoms with Crippen LogP contribution in [0.15, 0.2) is 10.7 Å². The van der Waals surface area contributed by atoms with Crippen molar-refractivity contribution in [1.29, 1.82) is 5.41 Å². The van der Waals surface area contributed by atoms with Crippen LogP contribution in [-0.4, -0.2) is 26.6 Å². The number of hydrazine groups is 1. The van der Waals surface area contributed by atoms with E-state index in [0.29, 0.717) is 28.4 Å². The molecule has 0 spiro atoms. The second-order valence-corrected chi connectivity index (χ2v) is 3.77. The smallest absolute Gasteiger partial charge is 0.168 e. The number of aromatic nitrogens is 2. The van der Waals surface area contributed by atoms with E-state index in [1.54, 1.807) is 19.9 Å². The highest BCUT2D eigenvalue weighted by molar-refractivity contribution is 6.27. The third kappa shape index (κ3) is 1.64. The van der Waals surface area contributed by atoms with E-state index in [9.17, 15) is 0 Å². The zero-order valence-electron chi connectivity index (χ0n) is 9.60. The van der Waals surface area contributed by atoms with Crippen molar-refractivity contribution in [2.24, 2.45) is 10.9 Å². The van der Waals surface area contributed by atoms with E-state index in [0.717, 1.165) is 9.91 Å². The van der Waals surface area contributed by atoms with Gasteiger partial charge in [-0.1, -0.05) is 0 Å². The summed E-state index contributed by atoms with van der Waals surface area (Å²) in [7, 11) is 0. The van der Waals surface area contributed by atoms with Crippen molar-refractivity contribution >= 4 is 23.4 Å². The predicted molar refractivity (Wildman–Crippen MR) is 66.4 cm³/mol.